The van der Waals surface area contributed by atoms with E-state index in [1.165, 1.54) is 11.1 Å². The van der Waals surface area contributed by atoms with Crippen LogP contribution in [0.1, 0.15) is 23.6 Å². The second-order valence-electron chi connectivity index (χ2n) is 5.72. The van der Waals surface area contributed by atoms with Gasteiger partial charge in [-0.1, -0.05) is 12.1 Å². The zero-order valence-corrected chi connectivity index (χ0v) is 17.7. The maximum Gasteiger partial charge on any atom is 0.191 e. The average molecular weight is 457 g/mol. The minimum atomic E-state index is 0. The summed E-state index contributed by atoms with van der Waals surface area (Å²) in [6.07, 6.45) is 3.89. The molecule has 138 valence electrons. The van der Waals surface area contributed by atoms with Crippen molar-refractivity contribution in [2.24, 2.45) is 4.99 Å². The number of methoxy groups -OCH3 is 1. The summed E-state index contributed by atoms with van der Waals surface area (Å²) >= 11 is 0. The molecule has 2 aromatic rings. The molecule has 0 saturated heterocycles. The normalized spacial score (nSPS) is 11.0. The highest BCUT2D eigenvalue weighted by molar-refractivity contribution is 14.0. The van der Waals surface area contributed by atoms with E-state index in [-0.39, 0.29) is 24.0 Å². The zero-order chi connectivity index (χ0) is 17.4. The first kappa shape index (κ1) is 21.3. The van der Waals surface area contributed by atoms with E-state index in [0.29, 0.717) is 6.54 Å². The molecule has 7 heteroatoms. The van der Waals surface area contributed by atoms with Gasteiger partial charge in [-0.3, -0.25) is 4.68 Å². The Balaban J connectivity index is 0.00000312. The summed E-state index contributed by atoms with van der Waals surface area (Å²) in [6.45, 7) is 9.09. The predicted molar refractivity (Wildman–Crippen MR) is 113 cm³/mol. The maximum absolute atomic E-state index is 5.44. The molecule has 25 heavy (non-hydrogen) atoms. The number of aryl methyl sites for hydroxylation is 2. The van der Waals surface area contributed by atoms with Gasteiger partial charge in [0, 0.05) is 24.8 Å². The lowest BCUT2D eigenvalue weighted by Gasteiger charge is -2.12. The Hall–Kier alpha value is -1.77. The Morgan fingerprint density at radius 1 is 1.24 bits per heavy atom. The highest BCUT2D eigenvalue weighted by atomic mass is 127. The third-order valence-electron chi connectivity index (χ3n) is 3.59. The number of ether oxygens (including phenoxy) is 1. The first-order chi connectivity index (χ1) is 11.6. The molecule has 0 aliphatic heterocycles. The van der Waals surface area contributed by atoms with Crippen LogP contribution in [-0.4, -0.2) is 35.9 Å². The van der Waals surface area contributed by atoms with Crippen molar-refractivity contribution in [2.75, 3.05) is 20.2 Å². The second kappa shape index (κ2) is 11.0. The summed E-state index contributed by atoms with van der Waals surface area (Å²) in [7, 11) is 1.69. The number of hydrogen-bond acceptors (Lipinski definition) is 3. The van der Waals surface area contributed by atoms with Crippen LogP contribution in [0.2, 0.25) is 0 Å². The van der Waals surface area contributed by atoms with Crippen molar-refractivity contribution in [3.63, 3.8) is 0 Å². The lowest BCUT2D eigenvalue weighted by molar-refractivity contribution is 0.409. The zero-order valence-electron chi connectivity index (χ0n) is 15.4. The predicted octanol–water partition coefficient (Wildman–Crippen LogP) is 2.88. The highest BCUT2D eigenvalue weighted by Gasteiger charge is 2.04. The molecule has 1 aromatic carbocycles. The molecule has 0 aliphatic rings. The average Bonchev–Trinajstić information content (AvgIpc) is 2.98. The van der Waals surface area contributed by atoms with Gasteiger partial charge in [-0.2, -0.15) is 5.10 Å². The summed E-state index contributed by atoms with van der Waals surface area (Å²) < 4.78 is 7.36. The fourth-order valence-corrected chi connectivity index (χ4v) is 2.37. The summed E-state index contributed by atoms with van der Waals surface area (Å²) in [4.78, 5) is 4.64. The number of aliphatic imine (C=N–C) groups is 1. The van der Waals surface area contributed by atoms with Crippen LogP contribution in [0.25, 0.3) is 0 Å². The van der Waals surface area contributed by atoms with Gasteiger partial charge in [-0.05, 0) is 38.0 Å². The van der Waals surface area contributed by atoms with E-state index < -0.39 is 0 Å². The number of guanidine groups is 1. The van der Waals surface area contributed by atoms with Crippen molar-refractivity contribution in [3.8, 4) is 5.75 Å². The van der Waals surface area contributed by atoms with Crippen LogP contribution < -0.4 is 15.4 Å². The van der Waals surface area contributed by atoms with Gasteiger partial charge in [0.15, 0.2) is 5.96 Å². The second-order valence-corrected chi connectivity index (χ2v) is 5.72. The van der Waals surface area contributed by atoms with E-state index in [2.05, 4.69) is 46.7 Å². The summed E-state index contributed by atoms with van der Waals surface area (Å²) in [5, 5.41) is 10.9. The van der Waals surface area contributed by atoms with Gasteiger partial charge in [-0.25, -0.2) is 4.99 Å². The highest BCUT2D eigenvalue weighted by Crippen LogP contribution is 2.20. The van der Waals surface area contributed by atoms with Crippen molar-refractivity contribution in [3.05, 3.63) is 47.3 Å². The van der Waals surface area contributed by atoms with Crippen LogP contribution >= 0.6 is 24.0 Å². The molecule has 0 amide bonds. The fraction of sp³-hybridized carbons (Fsp3) is 0.444. The SMILES string of the molecule is CCNC(=NCc1ccc(C)cc1OC)NCCn1cc(C)cn1.I. The third-order valence-corrected chi connectivity index (χ3v) is 3.59. The Labute approximate surface area is 167 Å². The number of rotatable bonds is 7. The molecule has 0 unspecified atom stereocenters. The smallest absolute Gasteiger partial charge is 0.191 e. The Morgan fingerprint density at radius 2 is 2.04 bits per heavy atom. The molecule has 6 nitrogen and oxygen atoms in total. The number of aromatic nitrogens is 2. The third kappa shape index (κ3) is 6.93. The Morgan fingerprint density at radius 3 is 2.68 bits per heavy atom. The summed E-state index contributed by atoms with van der Waals surface area (Å²) in [5.74, 6) is 1.67. The topological polar surface area (TPSA) is 63.5 Å². The number of nitrogens with one attached hydrogen (secondary N) is 2. The lowest BCUT2D eigenvalue weighted by Crippen LogP contribution is -2.38. The molecule has 0 aliphatic carbocycles. The summed E-state index contributed by atoms with van der Waals surface area (Å²) in [6, 6.07) is 6.17. The van der Waals surface area contributed by atoms with Gasteiger partial charge in [0.2, 0.25) is 0 Å². The van der Waals surface area contributed by atoms with Gasteiger partial charge in [0.25, 0.3) is 0 Å². The van der Waals surface area contributed by atoms with Crippen LogP contribution in [0.3, 0.4) is 0 Å². The van der Waals surface area contributed by atoms with Gasteiger partial charge in [-0.15, -0.1) is 24.0 Å². The van der Waals surface area contributed by atoms with E-state index in [4.69, 9.17) is 4.74 Å². The van der Waals surface area contributed by atoms with Gasteiger partial charge < -0.3 is 15.4 Å². The van der Waals surface area contributed by atoms with E-state index in [1.807, 2.05) is 30.1 Å². The van der Waals surface area contributed by atoms with E-state index in [9.17, 15) is 0 Å². The van der Waals surface area contributed by atoms with Crippen LogP contribution in [0, 0.1) is 13.8 Å². The Kier molecular flexibility index (Phi) is 9.33. The van der Waals surface area contributed by atoms with Crippen LogP contribution in [-0.2, 0) is 13.1 Å². The monoisotopic (exact) mass is 457 g/mol. The first-order valence-corrected chi connectivity index (χ1v) is 8.27. The molecule has 0 atom stereocenters. The molecular weight excluding hydrogens is 429 g/mol. The molecular formula is C18H28IN5O. The van der Waals surface area contributed by atoms with Crippen molar-refractivity contribution < 1.29 is 4.74 Å². The minimum Gasteiger partial charge on any atom is -0.496 e. The van der Waals surface area contributed by atoms with Crippen LogP contribution in [0.5, 0.6) is 5.75 Å². The maximum atomic E-state index is 5.44. The van der Waals surface area contributed by atoms with Crippen molar-refractivity contribution in [1.29, 1.82) is 0 Å². The number of hydrogen-bond donors (Lipinski definition) is 2. The number of halogens is 1. The van der Waals surface area contributed by atoms with Gasteiger partial charge >= 0.3 is 0 Å². The van der Waals surface area contributed by atoms with Crippen molar-refractivity contribution >= 4 is 29.9 Å². The fourth-order valence-electron chi connectivity index (χ4n) is 2.37. The molecule has 0 radical (unpaired) electrons. The molecule has 2 N–H and O–H groups in total. The minimum absolute atomic E-state index is 0. The van der Waals surface area contributed by atoms with Crippen LogP contribution in [0.4, 0.5) is 0 Å². The first-order valence-electron chi connectivity index (χ1n) is 8.27. The molecule has 0 bridgehead atoms. The Bertz CT molecular complexity index is 684. The lowest BCUT2D eigenvalue weighted by atomic mass is 10.1. The van der Waals surface area contributed by atoms with Crippen molar-refractivity contribution in [2.45, 2.75) is 33.9 Å². The molecule has 1 aromatic heterocycles. The molecule has 1 heterocycles. The van der Waals surface area contributed by atoms with Gasteiger partial charge in [0.05, 0.1) is 26.4 Å². The van der Waals surface area contributed by atoms with Crippen LogP contribution in [0.15, 0.2) is 35.6 Å². The number of benzene rings is 1. The molecule has 0 saturated carbocycles. The van der Waals surface area contributed by atoms with E-state index in [1.54, 1.807) is 7.11 Å². The largest absolute Gasteiger partial charge is 0.496 e. The molecule has 0 fully saturated rings. The molecule has 0 spiro atoms. The standard InChI is InChI=1S/C18H27N5O.HI/c1-5-19-18(20-8-9-23-13-15(3)11-22-23)21-12-16-7-6-14(2)10-17(16)24-4;/h6-7,10-11,13H,5,8-9,12H2,1-4H3,(H2,19,20,21);1H. The van der Waals surface area contributed by atoms with Crippen molar-refractivity contribution in [1.82, 2.24) is 20.4 Å². The molecule has 2 rings (SSSR count). The quantitative estimate of drug-likeness (QED) is 0.382. The van der Waals surface area contributed by atoms with Gasteiger partial charge in [0.1, 0.15) is 5.75 Å². The number of nitrogens with zero attached hydrogens (tertiary/aromatic N) is 3. The van der Waals surface area contributed by atoms with E-state index >= 15 is 0 Å². The summed E-state index contributed by atoms with van der Waals surface area (Å²) in [5.41, 5.74) is 3.42. The van der Waals surface area contributed by atoms with E-state index in [0.717, 1.165) is 36.9 Å².